The van der Waals surface area contributed by atoms with E-state index in [1.807, 2.05) is 30.3 Å². The molecule has 0 aromatic heterocycles. The summed E-state index contributed by atoms with van der Waals surface area (Å²) in [5, 5.41) is 9.01. The van der Waals surface area contributed by atoms with Crippen LogP contribution in [0.15, 0.2) is 54.6 Å². The summed E-state index contributed by atoms with van der Waals surface area (Å²) in [4.78, 5) is 11.0. The van der Waals surface area contributed by atoms with E-state index in [0.717, 1.165) is 5.56 Å². The fourth-order valence-electron chi connectivity index (χ4n) is 1.62. The van der Waals surface area contributed by atoms with Crippen molar-refractivity contribution in [2.75, 3.05) is 5.43 Å². The molecule has 0 aliphatic rings. The average Bonchev–Trinajstić information content (AvgIpc) is 2.40. The molecule has 0 atom stereocenters. The number of carboxylic acid groups (broad SMARTS) is 1. The topological polar surface area (TPSA) is 61.4 Å². The molecule has 18 heavy (non-hydrogen) atoms. The molecule has 0 unspecified atom stereocenters. The number of anilines is 1. The second-order valence-electron chi connectivity index (χ2n) is 3.81. The third-order valence-electron chi connectivity index (χ3n) is 2.52. The fourth-order valence-corrected chi connectivity index (χ4v) is 1.62. The number of nitrogens with one attached hydrogen (secondary N) is 2. The van der Waals surface area contributed by atoms with Crippen LogP contribution in [0.1, 0.15) is 15.9 Å². The first-order valence-electron chi connectivity index (χ1n) is 5.62. The number of hydrogen-bond donors (Lipinski definition) is 3. The summed E-state index contributed by atoms with van der Waals surface area (Å²) >= 11 is 0. The van der Waals surface area contributed by atoms with Crippen LogP contribution < -0.4 is 10.9 Å². The van der Waals surface area contributed by atoms with Gasteiger partial charge in [-0.05, 0) is 17.7 Å². The number of carbonyl (C=O) groups is 1. The lowest BCUT2D eigenvalue weighted by molar-refractivity contribution is 0.0698. The molecule has 0 saturated heterocycles. The minimum absolute atomic E-state index is 0.248. The zero-order valence-corrected chi connectivity index (χ0v) is 9.76. The Morgan fingerprint density at radius 2 is 1.67 bits per heavy atom. The zero-order valence-electron chi connectivity index (χ0n) is 9.76. The van der Waals surface area contributed by atoms with Gasteiger partial charge >= 0.3 is 5.97 Å². The van der Waals surface area contributed by atoms with Crippen molar-refractivity contribution >= 4 is 11.7 Å². The predicted octanol–water partition coefficient (Wildman–Crippen LogP) is 2.50. The first kappa shape index (κ1) is 12.1. The van der Waals surface area contributed by atoms with Gasteiger partial charge in [0.2, 0.25) is 0 Å². The Labute approximate surface area is 105 Å². The zero-order chi connectivity index (χ0) is 12.8. The Kier molecular flexibility index (Phi) is 3.94. The van der Waals surface area contributed by atoms with E-state index in [9.17, 15) is 4.79 Å². The van der Waals surface area contributed by atoms with Crippen LogP contribution in [0.25, 0.3) is 0 Å². The molecule has 0 bridgehead atoms. The molecule has 0 fully saturated rings. The van der Waals surface area contributed by atoms with E-state index < -0.39 is 5.97 Å². The summed E-state index contributed by atoms with van der Waals surface area (Å²) in [6, 6.07) is 16.7. The van der Waals surface area contributed by atoms with E-state index in [-0.39, 0.29) is 5.56 Å². The molecular formula is C14H14N2O2. The first-order valence-corrected chi connectivity index (χ1v) is 5.62. The summed E-state index contributed by atoms with van der Waals surface area (Å²) in [5.74, 6) is -0.945. The minimum atomic E-state index is -0.945. The van der Waals surface area contributed by atoms with Crippen molar-refractivity contribution in [3.8, 4) is 0 Å². The van der Waals surface area contributed by atoms with Gasteiger partial charge in [-0.2, -0.15) is 0 Å². The smallest absolute Gasteiger partial charge is 0.337 e. The van der Waals surface area contributed by atoms with Gasteiger partial charge < -0.3 is 10.5 Å². The van der Waals surface area contributed by atoms with Gasteiger partial charge in [-0.1, -0.05) is 42.5 Å². The lowest BCUT2D eigenvalue weighted by Gasteiger charge is -2.10. The third kappa shape index (κ3) is 3.09. The van der Waals surface area contributed by atoms with Gasteiger partial charge in [0.25, 0.3) is 0 Å². The summed E-state index contributed by atoms with van der Waals surface area (Å²) in [6.07, 6.45) is 0. The normalized spacial score (nSPS) is 10.0. The molecule has 2 aromatic carbocycles. The lowest BCUT2D eigenvalue weighted by atomic mass is 10.2. The van der Waals surface area contributed by atoms with Gasteiger partial charge in [0.05, 0.1) is 11.3 Å². The molecule has 0 spiro atoms. The van der Waals surface area contributed by atoms with E-state index in [4.69, 9.17) is 5.11 Å². The molecule has 0 radical (unpaired) electrons. The number of benzene rings is 2. The van der Waals surface area contributed by atoms with Crippen molar-refractivity contribution in [2.24, 2.45) is 0 Å². The molecule has 0 aliphatic heterocycles. The molecule has 2 rings (SSSR count). The highest BCUT2D eigenvalue weighted by molar-refractivity contribution is 5.94. The number of aromatic carboxylic acids is 1. The van der Waals surface area contributed by atoms with E-state index >= 15 is 0 Å². The second-order valence-corrected chi connectivity index (χ2v) is 3.81. The summed E-state index contributed by atoms with van der Waals surface area (Å²) in [6.45, 7) is 0.620. The van der Waals surface area contributed by atoms with Crippen molar-refractivity contribution in [3.05, 3.63) is 65.7 Å². The van der Waals surface area contributed by atoms with Crippen LogP contribution in [0.3, 0.4) is 0 Å². The maximum atomic E-state index is 11.0. The summed E-state index contributed by atoms with van der Waals surface area (Å²) in [5.41, 5.74) is 7.84. The molecular weight excluding hydrogens is 228 g/mol. The molecule has 4 nitrogen and oxygen atoms in total. The molecule has 3 N–H and O–H groups in total. The number of carboxylic acids is 1. The van der Waals surface area contributed by atoms with E-state index in [0.29, 0.717) is 12.2 Å². The second kappa shape index (κ2) is 5.84. The SMILES string of the molecule is O=C(O)c1ccccc1NNCc1ccccc1. The number of para-hydroxylation sites is 1. The molecule has 4 heteroatoms. The Morgan fingerprint density at radius 1 is 1.00 bits per heavy atom. The van der Waals surface area contributed by atoms with Crippen LogP contribution in [0.5, 0.6) is 0 Å². The maximum Gasteiger partial charge on any atom is 0.337 e. The molecule has 92 valence electrons. The monoisotopic (exact) mass is 242 g/mol. The van der Waals surface area contributed by atoms with Crippen LogP contribution in [0.4, 0.5) is 5.69 Å². The molecule has 0 heterocycles. The predicted molar refractivity (Wildman–Crippen MR) is 70.3 cm³/mol. The third-order valence-corrected chi connectivity index (χ3v) is 2.52. The van der Waals surface area contributed by atoms with Crippen molar-refractivity contribution in [3.63, 3.8) is 0 Å². The van der Waals surface area contributed by atoms with Crippen LogP contribution in [0, 0.1) is 0 Å². The Hall–Kier alpha value is -2.33. The average molecular weight is 242 g/mol. The number of rotatable bonds is 5. The van der Waals surface area contributed by atoms with Crippen LogP contribution in [-0.4, -0.2) is 11.1 Å². The summed E-state index contributed by atoms with van der Waals surface area (Å²) < 4.78 is 0. The largest absolute Gasteiger partial charge is 0.478 e. The molecule has 0 amide bonds. The van der Waals surface area contributed by atoms with Gasteiger partial charge in [0, 0.05) is 6.54 Å². The standard InChI is InChI=1S/C14H14N2O2/c17-14(18)12-8-4-5-9-13(12)16-15-10-11-6-2-1-3-7-11/h1-9,15-16H,10H2,(H,17,18). The number of hydrazine groups is 1. The first-order chi connectivity index (χ1) is 8.77. The van der Waals surface area contributed by atoms with Crippen molar-refractivity contribution in [1.29, 1.82) is 0 Å². The highest BCUT2D eigenvalue weighted by Crippen LogP contribution is 2.13. The molecule has 0 aliphatic carbocycles. The highest BCUT2D eigenvalue weighted by Gasteiger charge is 2.07. The van der Waals surface area contributed by atoms with Gasteiger partial charge in [0.15, 0.2) is 0 Å². The number of hydrogen-bond acceptors (Lipinski definition) is 3. The van der Waals surface area contributed by atoms with Crippen molar-refractivity contribution < 1.29 is 9.90 Å². The van der Waals surface area contributed by atoms with Gasteiger partial charge in [-0.25, -0.2) is 10.2 Å². The van der Waals surface area contributed by atoms with Gasteiger partial charge in [-0.3, -0.25) is 0 Å². The van der Waals surface area contributed by atoms with Crippen molar-refractivity contribution in [2.45, 2.75) is 6.54 Å². The van der Waals surface area contributed by atoms with Crippen molar-refractivity contribution in [1.82, 2.24) is 5.43 Å². The minimum Gasteiger partial charge on any atom is -0.478 e. The highest BCUT2D eigenvalue weighted by atomic mass is 16.4. The van der Waals surface area contributed by atoms with E-state index in [2.05, 4.69) is 10.9 Å². The van der Waals surface area contributed by atoms with Crippen LogP contribution in [-0.2, 0) is 6.54 Å². The van der Waals surface area contributed by atoms with Crippen LogP contribution >= 0.6 is 0 Å². The lowest BCUT2D eigenvalue weighted by Crippen LogP contribution is -2.22. The summed E-state index contributed by atoms with van der Waals surface area (Å²) in [7, 11) is 0. The van der Waals surface area contributed by atoms with Gasteiger partial charge in [0.1, 0.15) is 0 Å². The quantitative estimate of drug-likeness (QED) is 0.705. The Balaban J connectivity index is 1.97. The van der Waals surface area contributed by atoms with Crippen LogP contribution in [0.2, 0.25) is 0 Å². The maximum absolute atomic E-state index is 11.0. The fraction of sp³-hybridized carbons (Fsp3) is 0.0714. The van der Waals surface area contributed by atoms with Gasteiger partial charge in [-0.15, -0.1) is 0 Å². The molecule has 2 aromatic rings. The Bertz CT molecular complexity index is 526. The van der Waals surface area contributed by atoms with E-state index in [1.165, 1.54) is 0 Å². The van der Waals surface area contributed by atoms with E-state index in [1.54, 1.807) is 24.3 Å². The molecule has 0 saturated carbocycles. The Morgan fingerprint density at radius 3 is 2.39 bits per heavy atom.